The Labute approximate surface area is 167 Å². The molecule has 0 saturated heterocycles. The molecule has 148 valence electrons. The van der Waals surface area contributed by atoms with Crippen LogP contribution in [0.3, 0.4) is 0 Å². The number of hydrogen-bond donors (Lipinski definition) is 0. The second-order valence-corrected chi connectivity index (χ2v) is 8.97. The lowest BCUT2D eigenvalue weighted by Gasteiger charge is -2.29. The predicted octanol–water partition coefficient (Wildman–Crippen LogP) is 8.82. The molecule has 0 heterocycles. The summed E-state index contributed by atoms with van der Waals surface area (Å²) in [7, 11) is 0. The highest BCUT2D eigenvalue weighted by Gasteiger charge is 2.22. The van der Waals surface area contributed by atoms with Crippen molar-refractivity contribution in [2.45, 2.75) is 103 Å². The maximum atomic E-state index is 2.48. The summed E-state index contributed by atoms with van der Waals surface area (Å²) in [5.74, 6) is 1.80. The molecule has 0 aliphatic heterocycles. The average Bonchev–Trinajstić information content (AvgIpc) is 2.71. The van der Waals surface area contributed by atoms with Crippen molar-refractivity contribution in [3.05, 3.63) is 47.5 Å². The highest BCUT2D eigenvalue weighted by molar-refractivity contribution is 5.84. The van der Waals surface area contributed by atoms with Gasteiger partial charge in [0.05, 0.1) is 0 Å². The van der Waals surface area contributed by atoms with E-state index in [0.29, 0.717) is 0 Å². The summed E-state index contributed by atoms with van der Waals surface area (Å²) in [5.41, 5.74) is 3.10. The second kappa shape index (κ2) is 10.9. The first-order chi connectivity index (χ1) is 13.3. The third-order valence-corrected chi connectivity index (χ3v) is 6.78. The molecule has 1 saturated carbocycles. The molecule has 0 radical (unpaired) electrons. The molecule has 0 heteroatoms. The summed E-state index contributed by atoms with van der Waals surface area (Å²) in [5, 5.41) is 2.87. The van der Waals surface area contributed by atoms with E-state index in [9.17, 15) is 0 Å². The molecule has 0 N–H and O–H groups in total. The Morgan fingerprint density at radius 1 is 0.704 bits per heavy atom. The molecule has 0 unspecified atom stereocenters. The van der Waals surface area contributed by atoms with Crippen molar-refractivity contribution in [3.8, 4) is 0 Å². The largest absolute Gasteiger partial charge is 0.0654 e. The van der Waals surface area contributed by atoms with Gasteiger partial charge in [0, 0.05) is 0 Å². The molecule has 3 rings (SSSR count). The van der Waals surface area contributed by atoms with E-state index in [1.807, 2.05) is 0 Å². The quantitative estimate of drug-likeness (QED) is 0.369. The third kappa shape index (κ3) is 6.09. The van der Waals surface area contributed by atoms with Crippen LogP contribution in [0.15, 0.2) is 36.4 Å². The Hall–Kier alpha value is -1.30. The number of benzene rings is 2. The molecule has 0 amide bonds. The molecule has 0 nitrogen and oxygen atoms in total. The fraction of sp³-hybridized carbons (Fsp3) is 0.630. The zero-order chi connectivity index (χ0) is 18.9. The first-order valence-corrected chi connectivity index (χ1v) is 11.8. The number of unbranched alkanes of at least 4 members (excludes halogenated alkanes) is 5. The summed E-state index contributed by atoms with van der Waals surface area (Å²) in [6.07, 6.45) is 18.1. The molecule has 1 aliphatic carbocycles. The van der Waals surface area contributed by atoms with E-state index in [0.717, 1.165) is 11.8 Å². The van der Waals surface area contributed by atoms with Gasteiger partial charge in [0.15, 0.2) is 0 Å². The standard InChI is InChI=1S/C27H40/c1-3-5-7-9-10-22-12-15-24(16-13-22)26-19-18-25-20-23(11-8-6-4-2)14-17-27(25)21-26/h14,17-22,24H,3-13,15-16H2,1-2H3/t22-,24-. The van der Waals surface area contributed by atoms with Crippen molar-refractivity contribution in [1.29, 1.82) is 0 Å². The minimum atomic E-state index is 0.797. The first-order valence-electron chi connectivity index (χ1n) is 11.8. The van der Waals surface area contributed by atoms with Crippen LogP contribution in [0.4, 0.5) is 0 Å². The Morgan fingerprint density at radius 3 is 2.19 bits per heavy atom. The van der Waals surface area contributed by atoms with E-state index in [4.69, 9.17) is 0 Å². The van der Waals surface area contributed by atoms with E-state index in [2.05, 4.69) is 50.2 Å². The van der Waals surface area contributed by atoms with Crippen molar-refractivity contribution in [2.24, 2.45) is 5.92 Å². The van der Waals surface area contributed by atoms with Gasteiger partial charge in [-0.25, -0.2) is 0 Å². The van der Waals surface area contributed by atoms with Crippen molar-refractivity contribution >= 4 is 10.8 Å². The summed E-state index contributed by atoms with van der Waals surface area (Å²) >= 11 is 0. The second-order valence-electron chi connectivity index (χ2n) is 8.97. The van der Waals surface area contributed by atoms with Gasteiger partial charge in [-0.15, -0.1) is 0 Å². The normalized spacial score (nSPS) is 20.2. The highest BCUT2D eigenvalue weighted by Crippen LogP contribution is 2.38. The van der Waals surface area contributed by atoms with Crippen LogP contribution in [-0.4, -0.2) is 0 Å². The Kier molecular flexibility index (Phi) is 8.24. The lowest BCUT2D eigenvalue weighted by atomic mass is 9.76. The fourth-order valence-corrected chi connectivity index (χ4v) is 4.95. The Bertz CT molecular complexity index is 675. The van der Waals surface area contributed by atoms with Gasteiger partial charge in [-0.1, -0.05) is 95.2 Å². The van der Waals surface area contributed by atoms with E-state index >= 15 is 0 Å². The monoisotopic (exact) mass is 364 g/mol. The number of rotatable bonds is 10. The van der Waals surface area contributed by atoms with Gasteiger partial charge in [0.2, 0.25) is 0 Å². The summed E-state index contributed by atoms with van der Waals surface area (Å²) in [6.45, 7) is 4.59. The molecule has 2 aromatic carbocycles. The van der Waals surface area contributed by atoms with Gasteiger partial charge in [-0.3, -0.25) is 0 Å². The maximum Gasteiger partial charge on any atom is -0.0162 e. The lowest BCUT2D eigenvalue weighted by molar-refractivity contribution is 0.302. The van der Waals surface area contributed by atoms with Crippen LogP contribution in [-0.2, 0) is 6.42 Å². The molecule has 1 fully saturated rings. The van der Waals surface area contributed by atoms with E-state index in [1.54, 1.807) is 5.56 Å². The molecular formula is C27H40. The van der Waals surface area contributed by atoms with E-state index < -0.39 is 0 Å². The highest BCUT2D eigenvalue weighted by atomic mass is 14.3. The first kappa shape index (κ1) is 20.4. The number of fused-ring (bicyclic) bond motifs is 1. The molecule has 0 spiro atoms. The number of aryl methyl sites for hydroxylation is 1. The van der Waals surface area contributed by atoms with Gasteiger partial charge >= 0.3 is 0 Å². The van der Waals surface area contributed by atoms with Gasteiger partial charge in [-0.2, -0.15) is 0 Å². The Balaban J connectivity index is 1.54. The van der Waals surface area contributed by atoms with Crippen LogP contribution < -0.4 is 0 Å². The van der Waals surface area contributed by atoms with Crippen LogP contribution in [0, 0.1) is 5.92 Å². The van der Waals surface area contributed by atoms with Crippen LogP contribution in [0.5, 0.6) is 0 Å². The molecule has 0 aromatic heterocycles. The summed E-state index contributed by atoms with van der Waals surface area (Å²) in [4.78, 5) is 0. The zero-order valence-corrected chi connectivity index (χ0v) is 17.8. The van der Waals surface area contributed by atoms with Crippen molar-refractivity contribution in [1.82, 2.24) is 0 Å². The van der Waals surface area contributed by atoms with Crippen molar-refractivity contribution in [3.63, 3.8) is 0 Å². The average molecular weight is 365 g/mol. The van der Waals surface area contributed by atoms with Gasteiger partial charge in [0.1, 0.15) is 0 Å². The maximum absolute atomic E-state index is 2.48. The van der Waals surface area contributed by atoms with Gasteiger partial charge < -0.3 is 0 Å². The third-order valence-electron chi connectivity index (χ3n) is 6.78. The Morgan fingerprint density at radius 2 is 1.41 bits per heavy atom. The van der Waals surface area contributed by atoms with Crippen LogP contribution in [0.25, 0.3) is 10.8 Å². The number of hydrogen-bond acceptors (Lipinski definition) is 0. The van der Waals surface area contributed by atoms with E-state index in [-0.39, 0.29) is 0 Å². The summed E-state index contributed by atoms with van der Waals surface area (Å²) < 4.78 is 0. The molecule has 0 bridgehead atoms. The van der Waals surface area contributed by atoms with E-state index in [1.165, 1.54) is 99.8 Å². The van der Waals surface area contributed by atoms with Crippen LogP contribution >= 0.6 is 0 Å². The molecule has 0 atom stereocenters. The van der Waals surface area contributed by atoms with Crippen LogP contribution in [0.1, 0.15) is 108 Å². The molecule has 2 aromatic rings. The van der Waals surface area contributed by atoms with Gasteiger partial charge in [0.25, 0.3) is 0 Å². The molecule has 1 aliphatic rings. The van der Waals surface area contributed by atoms with Gasteiger partial charge in [-0.05, 0) is 72.3 Å². The molecule has 27 heavy (non-hydrogen) atoms. The topological polar surface area (TPSA) is 0 Å². The minimum absolute atomic E-state index is 0.797. The lowest BCUT2D eigenvalue weighted by Crippen LogP contribution is -2.13. The summed E-state index contributed by atoms with van der Waals surface area (Å²) in [6, 6.07) is 14.4. The minimum Gasteiger partial charge on any atom is -0.0654 e. The molecular weight excluding hydrogens is 324 g/mol. The smallest absolute Gasteiger partial charge is 0.0162 e. The van der Waals surface area contributed by atoms with Crippen molar-refractivity contribution < 1.29 is 0 Å². The predicted molar refractivity (Wildman–Crippen MR) is 121 cm³/mol. The zero-order valence-electron chi connectivity index (χ0n) is 17.8. The fourth-order valence-electron chi connectivity index (χ4n) is 4.95. The SMILES string of the molecule is CCCCCC[C@H]1CC[C@H](c2ccc3cc(CCCCC)ccc3c2)CC1. The van der Waals surface area contributed by atoms with Crippen molar-refractivity contribution in [2.75, 3.05) is 0 Å². The van der Waals surface area contributed by atoms with Crippen LogP contribution in [0.2, 0.25) is 0 Å².